The zero-order valence-corrected chi connectivity index (χ0v) is 18.4. The number of benzene rings is 5. The normalized spacial score (nSPS) is 11.8. The van der Waals surface area contributed by atoms with Crippen molar-refractivity contribution in [3.63, 3.8) is 0 Å². The molecule has 2 nitrogen and oxygen atoms in total. The van der Waals surface area contributed by atoms with E-state index in [1.165, 1.54) is 60.4 Å². The molecule has 156 valence electrons. The van der Waals surface area contributed by atoms with Crippen molar-refractivity contribution in [2.24, 2.45) is 7.05 Å². The van der Waals surface area contributed by atoms with Gasteiger partial charge < -0.3 is 9.13 Å². The number of nitrogens with zero attached hydrogens (tertiary/aromatic N) is 2. The standard InChI is InChI=1S/C31H22N2/c1-32-26-18-10-8-16-23(26)25-20-28-30(29(31(25)32)21-12-4-2-5-13-21)24-17-9-11-19-27(24)33(28)22-14-6-3-7-15-22/h2-20H,1H3. The molecule has 0 bridgehead atoms. The summed E-state index contributed by atoms with van der Waals surface area (Å²) < 4.78 is 4.78. The fraction of sp³-hybridized carbons (Fsp3) is 0.0323. The predicted octanol–water partition coefficient (Wildman–Crippen LogP) is 8.10. The highest BCUT2D eigenvalue weighted by molar-refractivity contribution is 6.26. The van der Waals surface area contributed by atoms with E-state index in [4.69, 9.17) is 0 Å². The number of para-hydroxylation sites is 3. The van der Waals surface area contributed by atoms with Crippen LogP contribution in [-0.4, -0.2) is 9.13 Å². The van der Waals surface area contributed by atoms with Crippen LogP contribution in [0.3, 0.4) is 0 Å². The van der Waals surface area contributed by atoms with Crippen molar-refractivity contribution in [1.29, 1.82) is 0 Å². The second kappa shape index (κ2) is 6.85. The minimum absolute atomic E-state index is 1.18. The highest BCUT2D eigenvalue weighted by atomic mass is 15.0. The number of hydrogen-bond acceptors (Lipinski definition) is 0. The number of aryl methyl sites for hydroxylation is 1. The molecule has 0 unspecified atom stereocenters. The number of fused-ring (bicyclic) bond motifs is 6. The third kappa shape index (κ3) is 2.49. The number of aromatic nitrogens is 2. The molecule has 7 aromatic rings. The van der Waals surface area contributed by atoms with Crippen molar-refractivity contribution in [2.45, 2.75) is 0 Å². The van der Waals surface area contributed by atoms with E-state index in [0.29, 0.717) is 0 Å². The molecule has 0 aliphatic heterocycles. The molecule has 0 radical (unpaired) electrons. The van der Waals surface area contributed by atoms with E-state index in [2.05, 4.69) is 131 Å². The van der Waals surface area contributed by atoms with Crippen molar-refractivity contribution in [2.75, 3.05) is 0 Å². The number of rotatable bonds is 2. The predicted molar refractivity (Wildman–Crippen MR) is 140 cm³/mol. The molecule has 5 aromatic carbocycles. The van der Waals surface area contributed by atoms with Gasteiger partial charge in [0.25, 0.3) is 0 Å². The van der Waals surface area contributed by atoms with Gasteiger partial charge in [-0.15, -0.1) is 0 Å². The first-order chi connectivity index (χ1) is 16.3. The second-order valence-corrected chi connectivity index (χ2v) is 8.67. The lowest BCUT2D eigenvalue weighted by Crippen LogP contribution is -1.94. The third-order valence-electron chi connectivity index (χ3n) is 6.90. The van der Waals surface area contributed by atoms with Gasteiger partial charge in [-0.3, -0.25) is 0 Å². The topological polar surface area (TPSA) is 9.86 Å². The molecular formula is C31H22N2. The van der Waals surface area contributed by atoms with Gasteiger partial charge in [0.05, 0.1) is 16.6 Å². The Labute approximate surface area is 191 Å². The lowest BCUT2D eigenvalue weighted by Gasteiger charge is -2.12. The van der Waals surface area contributed by atoms with Crippen LogP contribution in [0.15, 0.2) is 115 Å². The van der Waals surface area contributed by atoms with Gasteiger partial charge in [-0.1, -0.05) is 84.9 Å². The molecule has 0 N–H and O–H groups in total. The Bertz CT molecular complexity index is 1800. The summed E-state index contributed by atoms with van der Waals surface area (Å²) in [5, 5.41) is 5.17. The SMILES string of the molecule is Cn1c2ccccc2c2cc3c(c(-c4ccccc4)c21)c1ccccc1n3-c1ccccc1. The van der Waals surface area contributed by atoms with Crippen LogP contribution in [0.5, 0.6) is 0 Å². The van der Waals surface area contributed by atoms with Crippen LogP contribution in [0.2, 0.25) is 0 Å². The van der Waals surface area contributed by atoms with E-state index in [0.717, 1.165) is 0 Å². The van der Waals surface area contributed by atoms with E-state index >= 15 is 0 Å². The lowest BCUT2D eigenvalue weighted by atomic mass is 9.96. The third-order valence-corrected chi connectivity index (χ3v) is 6.90. The second-order valence-electron chi connectivity index (χ2n) is 8.67. The molecule has 0 fully saturated rings. The van der Waals surface area contributed by atoms with Crippen LogP contribution in [-0.2, 0) is 7.05 Å². The summed E-state index contributed by atoms with van der Waals surface area (Å²) in [6.07, 6.45) is 0. The van der Waals surface area contributed by atoms with Crippen LogP contribution in [0.4, 0.5) is 0 Å². The summed E-state index contributed by atoms with van der Waals surface area (Å²) in [4.78, 5) is 0. The number of hydrogen-bond donors (Lipinski definition) is 0. The van der Waals surface area contributed by atoms with Gasteiger partial charge in [-0.05, 0) is 35.9 Å². The summed E-state index contributed by atoms with van der Waals surface area (Å²) in [7, 11) is 2.19. The Morgan fingerprint density at radius 1 is 0.515 bits per heavy atom. The molecule has 0 spiro atoms. The molecule has 2 heterocycles. The Morgan fingerprint density at radius 3 is 1.88 bits per heavy atom. The molecule has 2 heteroatoms. The van der Waals surface area contributed by atoms with Crippen LogP contribution < -0.4 is 0 Å². The highest BCUT2D eigenvalue weighted by Crippen LogP contribution is 2.45. The molecular weight excluding hydrogens is 400 g/mol. The first-order valence-electron chi connectivity index (χ1n) is 11.4. The highest BCUT2D eigenvalue weighted by Gasteiger charge is 2.22. The minimum Gasteiger partial charge on any atom is -0.343 e. The quantitative estimate of drug-likeness (QED) is 0.266. The minimum atomic E-state index is 1.18. The zero-order chi connectivity index (χ0) is 21.9. The summed E-state index contributed by atoms with van der Waals surface area (Å²) in [5.74, 6) is 0. The van der Waals surface area contributed by atoms with Gasteiger partial charge >= 0.3 is 0 Å². The van der Waals surface area contributed by atoms with E-state index in [1.807, 2.05) is 0 Å². The fourth-order valence-electron chi connectivity index (χ4n) is 5.53. The van der Waals surface area contributed by atoms with Gasteiger partial charge in [-0.25, -0.2) is 0 Å². The van der Waals surface area contributed by atoms with Crippen molar-refractivity contribution in [3.8, 4) is 16.8 Å². The summed E-state index contributed by atoms with van der Waals surface area (Å²) in [6, 6.07) is 41.5. The Morgan fingerprint density at radius 2 is 1.12 bits per heavy atom. The smallest absolute Gasteiger partial charge is 0.0576 e. The first kappa shape index (κ1) is 18.3. The maximum absolute atomic E-state index is 2.42. The lowest BCUT2D eigenvalue weighted by molar-refractivity contribution is 1.02. The van der Waals surface area contributed by atoms with Crippen LogP contribution >= 0.6 is 0 Å². The molecule has 7 rings (SSSR count). The Balaban J connectivity index is 1.82. The van der Waals surface area contributed by atoms with Crippen LogP contribution in [0, 0.1) is 0 Å². The average molecular weight is 423 g/mol. The molecule has 0 aliphatic rings. The van der Waals surface area contributed by atoms with Crippen LogP contribution in [0.25, 0.3) is 60.4 Å². The van der Waals surface area contributed by atoms with Crippen molar-refractivity contribution in [1.82, 2.24) is 9.13 Å². The van der Waals surface area contributed by atoms with Gasteiger partial charge in [0.15, 0.2) is 0 Å². The summed E-state index contributed by atoms with van der Waals surface area (Å²) >= 11 is 0. The van der Waals surface area contributed by atoms with Crippen molar-refractivity contribution in [3.05, 3.63) is 115 Å². The monoisotopic (exact) mass is 422 g/mol. The van der Waals surface area contributed by atoms with E-state index in [1.54, 1.807) is 0 Å². The van der Waals surface area contributed by atoms with E-state index < -0.39 is 0 Å². The van der Waals surface area contributed by atoms with E-state index in [9.17, 15) is 0 Å². The fourth-order valence-corrected chi connectivity index (χ4v) is 5.53. The summed E-state index contributed by atoms with van der Waals surface area (Å²) in [6.45, 7) is 0. The molecule has 0 saturated carbocycles. The zero-order valence-electron chi connectivity index (χ0n) is 18.4. The van der Waals surface area contributed by atoms with Crippen molar-refractivity contribution < 1.29 is 0 Å². The maximum atomic E-state index is 2.42. The van der Waals surface area contributed by atoms with E-state index in [-0.39, 0.29) is 0 Å². The Hall–Kier alpha value is -4.30. The van der Waals surface area contributed by atoms with Crippen molar-refractivity contribution >= 4 is 43.6 Å². The summed E-state index contributed by atoms with van der Waals surface area (Å²) in [5.41, 5.74) is 8.74. The molecule has 0 amide bonds. The van der Waals surface area contributed by atoms with Gasteiger partial charge in [0, 0.05) is 45.4 Å². The molecule has 0 aliphatic carbocycles. The average Bonchev–Trinajstić information content (AvgIpc) is 3.36. The van der Waals surface area contributed by atoms with Gasteiger partial charge in [-0.2, -0.15) is 0 Å². The molecule has 2 aromatic heterocycles. The largest absolute Gasteiger partial charge is 0.343 e. The van der Waals surface area contributed by atoms with Gasteiger partial charge in [0.2, 0.25) is 0 Å². The molecule has 33 heavy (non-hydrogen) atoms. The molecule has 0 atom stereocenters. The molecule has 0 saturated heterocycles. The maximum Gasteiger partial charge on any atom is 0.0576 e. The first-order valence-corrected chi connectivity index (χ1v) is 11.4. The van der Waals surface area contributed by atoms with Gasteiger partial charge in [0.1, 0.15) is 0 Å². The van der Waals surface area contributed by atoms with Crippen LogP contribution in [0.1, 0.15) is 0 Å². The Kier molecular flexibility index (Phi) is 3.80.